The number of hydrogen-bond donors (Lipinski definition) is 1. The van der Waals surface area contributed by atoms with Crippen LogP contribution in [-0.2, 0) is 6.61 Å². The molecule has 2 N–H and O–H groups in total. The molecule has 2 aromatic rings. The largest absolute Gasteiger partial charge is 0.488 e. The van der Waals surface area contributed by atoms with Gasteiger partial charge in [0, 0.05) is 27.8 Å². The molecule has 0 amide bonds. The van der Waals surface area contributed by atoms with E-state index in [2.05, 4.69) is 50.8 Å². The van der Waals surface area contributed by atoms with Gasteiger partial charge >= 0.3 is 0 Å². The number of rotatable bonds is 6. The van der Waals surface area contributed by atoms with E-state index in [1.54, 1.807) is 16.3 Å². The van der Waals surface area contributed by atoms with Crippen LogP contribution in [0.4, 0.5) is 0 Å². The van der Waals surface area contributed by atoms with E-state index in [-0.39, 0.29) is 0 Å². The molecular formula is C25H28IN5OS. The predicted molar refractivity (Wildman–Crippen MR) is 142 cm³/mol. The average molecular weight is 574 g/mol. The number of halogens is 1. The standard InChI is InChI=1S/C25H28IN5OS/c1-16-23(33-17(2)30-16)15-32-21-10-8-18(9-11-21)22-14-29-25(20(12-26)13-27)31(28)24(22)19-6-4-3-5-7-19/h8-11,14,19H,3-7,12,15,28H2,1-2H3/b25-20+. The normalized spacial score (nSPS) is 18.5. The molecule has 1 aromatic heterocycles. The summed E-state index contributed by atoms with van der Waals surface area (Å²) in [6.45, 7) is 4.55. The molecule has 2 heterocycles. The summed E-state index contributed by atoms with van der Waals surface area (Å²) in [5.74, 6) is 8.36. The first-order valence-electron chi connectivity index (χ1n) is 11.2. The van der Waals surface area contributed by atoms with Gasteiger partial charge in [-0.05, 0) is 44.4 Å². The minimum atomic E-state index is 0.364. The van der Waals surface area contributed by atoms with Gasteiger partial charge in [-0.2, -0.15) is 5.26 Å². The second-order valence-corrected chi connectivity index (χ2v) is 10.4. The average Bonchev–Trinajstić information content (AvgIpc) is 3.17. The lowest BCUT2D eigenvalue weighted by molar-refractivity contribution is 0.308. The van der Waals surface area contributed by atoms with Crippen LogP contribution in [0.2, 0.25) is 0 Å². The molecule has 2 aliphatic rings. The summed E-state index contributed by atoms with van der Waals surface area (Å²) in [6, 6.07) is 10.4. The van der Waals surface area contributed by atoms with Gasteiger partial charge in [-0.15, -0.1) is 11.3 Å². The van der Waals surface area contributed by atoms with E-state index in [1.165, 1.54) is 19.3 Å². The second kappa shape index (κ2) is 10.8. The fourth-order valence-corrected chi connectivity index (χ4v) is 5.82. The highest BCUT2D eigenvalue weighted by atomic mass is 127. The van der Waals surface area contributed by atoms with Gasteiger partial charge in [0.1, 0.15) is 12.4 Å². The summed E-state index contributed by atoms with van der Waals surface area (Å²) in [5, 5.41) is 12.3. The van der Waals surface area contributed by atoms with Crippen molar-refractivity contribution >= 4 is 45.7 Å². The summed E-state index contributed by atoms with van der Waals surface area (Å²) >= 11 is 3.86. The van der Waals surface area contributed by atoms with E-state index < -0.39 is 0 Å². The van der Waals surface area contributed by atoms with Crippen molar-refractivity contribution < 1.29 is 4.74 Å². The van der Waals surface area contributed by atoms with Crippen molar-refractivity contribution in [3.05, 3.63) is 62.5 Å². The minimum absolute atomic E-state index is 0.364. The fourth-order valence-electron chi connectivity index (χ4n) is 4.46. The Kier molecular flexibility index (Phi) is 7.83. The first-order chi connectivity index (χ1) is 16.0. The van der Waals surface area contributed by atoms with Crippen LogP contribution in [0.3, 0.4) is 0 Å². The number of nitrogens with two attached hydrogens (primary N) is 1. The van der Waals surface area contributed by atoms with Crippen molar-refractivity contribution in [1.82, 2.24) is 9.99 Å². The Morgan fingerprint density at radius 3 is 2.58 bits per heavy atom. The zero-order chi connectivity index (χ0) is 23.4. The summed E-state index contributed by atoms with van der Waals surface area (Å²) in [4.78, 5) is 10.2. The fraction of sp³-hybridized carbons (Fsp3) is 0.400. The number of thiazole rings is 1. The topological polar surface area (TPSA) is 87.5 Å². The number of hydrogen-bond acceptors (Lipinski definition) is 7. The SMILES string of the molecule is Cc1nc(C)c(COc2ccc(C3=C(C4CCCCC4)N(N)/C(=C(/C#N)CI)N=C3)cc2)s1. The van der Waals surface area contributed by atoms with Crippen LogP contribution in [0, 0.1) is 31.1 Å². The van der Waals surface area contributed by atoms with E-state index >= 15 is 0 Å². The van der Waals surface area contributed by atoms with E-state index in [1.807, 2.05) is 32.2 Å². The molecule has 1 aliphatic carbocycles. The van der Waals surface area contributed by atoms with Gasteiger partial charge in [-0.3, -0.25) is 5.01 Å². The lowest BCUT2D eigenvalue weighted by Crippen LogP contribution is -2.37. The number of nitriles is 1. The van der Waals surface area contributed by atoms with Crippen molar-refractivity contribution in [2.45, 2.75) is 52.6 Å². The predicted octanol–water partition coefficient (Wildman–Crippen LogP) is 6.06. The number of ether oxygens (including phenoxy) is 1. The Hall–Kier alpha value is -2.22. The molecule has 0 bridgehead atoms. The third-order valence-electron chi connectivity index (χ3n) is 6.14. The van der Waals surface area contributed by atoms with E-state index in [9.17, 15) is 5.26 Å². The van der Waals surface area contributed by atoms with Gasteiger partial charge in [0.2, 0.25) is 0 Å². The number of alkyl halides is 1. The Bertz CT molecular complexity index is 1140. The van der Waals surface area contributed by atoms with Crippen molar-refractivity contribution in [2.75, 3.05) is 4.43 Å². The minimum Gasteiger partial charge on any atom is -0.488 e. The molecule has 33 heavy (non-hydrogen) atoms. The van der Waals surface area contributed by atoms with Crippen LogP contribution in [0.5, 0.6) is 5.75 Å². The Balaban J connectivity index is 1.62. The molecule has 0 saturated heterocycles. The highest BCUT2D eigenvalue weighted by Gasteiger charge is 2.30. The van der Waals surface area contributed by atoms with Gasteiger partial charge in [-0.25, -0.2) is 15.8 Å². The number of aliphatic imine (C=N–C) groups is 1. The first kappa shape index (κ1) is 23.9. The zero-order valence-corrected chi connectivity index (χ0v) is 21.9. The molecule has 8 heteroatoms. The summed E-state index contributed by atoms with van der Waals surface area (Å²) in [6.07, 6.45) is 7.76. The molecular weight excluding hydrogens is 545 g/mol. The molecule has 172 valence electrons. The molecule has 0 atom stereocenters. The van der Waals surface area contributed by atoms with Crippen LogP contribution in [0.25, 0.3) is 5.57 Å². The molecule has 6 nitrogen and oxygen atoms in total. The third-order valence-corrected chi connectivity index (χ3v) is 7.95. The van der Waals surface area contributed by atoms with Crippen molar-refractivity contribution in [2.24, 2.45) is 16.8 Å². The molecule has 0 radical (unpaired) electrons. The number of allylic oxidation sites excluding steroid dienone is 3. The maximum atomic E-state index is 9.56. The van der Waals surface area contributed by atoms with E-state index in [0.717, 1.165) is 51.0 Å². The molecule has 1 fully saturated rings. The maximum Gasteiger partial charge on any atom is 0.161 e. The van der Waals surface area contributed by atoms with Crippen LogP contribution >= 0.6 is 33.9 Å². The van der Waals surface area contributed by atoms with Crippen LogP contribution in [0.1, 0.15) is 53.2 Å². The second-order valence-electron chi connectivity index (χ2n) is 8.36. The number of nitrogens with zero attached hydrogens (tertiary/aromatic N) is 4. The van der Waals surface area contributed by atoms with Crippen molar-refractivity contribution in [3.8, 4) is 11.8 Å². The quantitative estimate of drug-likeness (QED) is 0.197. The molecule has 1 aliphatic heterocycles. The summed E-state index contributed by atoms with van der Waals surface area (Å²) in [5.41, 5.74) is 4.78. The summed E-state index contributed by atoms with van der Waals surface area (Å²) in [7, 11) is 0. The Morgan fingerprint density at radius 1 is 1.24 bits per heavy atom. The highest BCUT2D eigenvalue weighted by Crippen LogP contribution is 2.39. The molecule has 4 rings (SSSR count). The number of benzene rings is 1. The van der Waals surface area contributed by atoms with Crippen molar-refractivity contribution in [1.29, 1.82) is 5.26 Å². The van der Waals surface area contributed by atoms with Gasteiger partial charge < -0.3 is 4.74 Å². The first-order valence-corrected chi connectivity index (χ1v) is 13.5. The van der Waals surface area contributed by atoms with Gasteiger partial charge in [0.05, 0.1) is 27.2 Å². The van der Waals surface area contributed by atoms with Crippen molar-refractivity contribution in [3.63, 3.8) is 0 Å². The van der Waals surface area contributed by atoms with Crippen LogP contribution in [0.15, 0.2) is 46.3 Å². The number of hydrazine groups is 1. The number of aryl methyl sites for hydroxylation is 2. The molecule has 0 unspecified atom stereocenters. The van der Waals surface area contributed by atoms with E-state index in [4.69, 9.17) is 10.6 Å². The summed E-state index contributed by atoms with van der Waals surface area (Å²) < 4.78 is 6.59. The highest BCUT2D eigenvalue weighted by molar-refractivity contribution is 14.1. The van der Waals surface area contributed by atoms with E-state index in [0.29, 0.717) is 28.3 Å². The maximum absolute atomic E-state index is 9.56. The monoisotopic (exact) mass is 573 g/mol. The van der Waals surface area contributed by atoms with Crippen LogP contribution < -0.4 is 10.6 Å². The Labute approximate surface area is 213 Å². The molecule has 1 saturated carbocycles. The van der Waals surface area contributed by atoms with Gasteiger partial charge in [0.25, 0.3) is 0 Å². The Morgan fingerprint density at radius 2 is 1.97 bits per heavy atom. The molecule has 0 spiro atoms. The lowest BCUT2D eigenvalue weighted by Gasteiger charge is -2.35. The third kappa shape index (κ3) is 5.31. The van der Waals surface area contributed by atoms with Gasteiger partial charge in [-0.1, -0.05) is 54.0 Å². The molecule has 1 aromatic carbocycles. The van der Waals surface area contributed by atoms with Gasteiger partial charge in [0.15, 0.2) is 5.82 Å². The zero-order valence-electron chi connectivity index (χ0n) is 19.0. The number of aromatic nitrogens is 1. The smallest absolute Gasteiger partial charge is 0.161 e. The van der Waals surface area contributed by atoms with Crippen LogP contribution in [-0.4, -0.2) is 20.6 Å². The lowest BCUT2D eigenvalue weighted by atomic mass is 9.83.